The molecule has 7 nitrogen and oxygen atoms in total. The summed E-state index contributed by atoms with van der Waals surface area (Å²) in [5.41, 5.74) is 2.91. The summed E-state index contributed by atoms with van der Waals surface area (Å²) in [4.78, 5) is 33.8. The van der Waals surface area contributed by atoms with Crippen LogP contribution in [0.3, 0.4) is 0 Å². The van der Waals surface area contributed by atoms with E-state index in [1.807, 2.05) is 61.5 Å². The molecule has 2 aromatic heterocycles. The van der Waals surface area contributed by atoms with E-state index >= 15 is 0 Å². The Morgan fingerprint density at radius 3 is 2.72 bits per heavy atom. The van der Waals surface area contributed by atoms with E-state index < -0.39 is 0 Å². The highest BCUT2D eigenvalue weighted by atomic mass is 32.2. The van der Waals surface area contributed by atoms with Crippen molar-refractivity contribution in [3.63, 3.8) is 0 Å². The maximum Gasteiger partial charge on any atom is 0.262 e. The molecule has 0 unspecified atom stereocenters. The second-order valence-electron chi connectivity index (χ2n) is 6.58. The highest BCUT2D eigenvalue weighted by Gasteiger charge is 2.15. The smallest absolute Gasteiger partial charge is 0.262 e. The van der Waals surface area contributed by atoms with Crippen LogP contribution >= 0.6 is 11.8 Å². The van der Waals surface area contributed by atoms with Crippen molar-refractivity contribution < 1.29 is 4.79 Å². The molecule has 0 saturated carbocycles. The molecule has 0 radical (unpaired) electrons. The molecule has 0 atom stereocenters. The lowest BCUT2D eigenvalue weighted by atomic mass is 10.2. The number of anilines is 1. The van der Waals surface area contributed by atoms with Gasteiger partial charge in [-0.25, -0.2) is 9.67 Å². The van der Waals surface area contributed by atoms with Crippen LogP contribution in [0.5, 0.6) is 0 Å². The summed E-state index contributed by atoms with van der Waals surface area (Å²) in [5, 5.41) is 5.11. The van der Waals surface area contributed by atoms with Gasteiger partial charge in [-0.1, -0.05) is 42.1 Å². The Morgan fingerprint density at radius 1 is 1.17 bits per heavy atom. The summed E-state index contributed by atoms with van der Waals surface area (Å²) in [6.45, 7) is 1.99. The lowest BCUT2D eigenvalue weighted by Crippen LogP contribution is -2.28. The van der Waals surface area contributed by atoms with Crippen LogP contribution in [0.1, 0.15) is 5.56 Å². The van der Waals surface area contributed by atoms with Gasteiger partial charge in [0, 0.05) is 12.7 Å². The number of carbonyl (C=O) groups excluding carboxylic acids is 1. The first kappa shape index (κ1) is 18.9. The van der Waals surface area contributed by atoms with Gasteiger partial charge in [0.15, 0.2) is 10.8 Å². The van der Waals surface area contributed by atoms with Crippen LogP contribution in [0.4, 0.5) is 5.69 Å². The lowest BCUT2D eigenvalue weighted by Gasteiger charge is -2.16. The Labute approximate surface area is 171 Å². The average molecular weight is 405 g/mol. The van der Waals surface area contributed by atoms with Crippen LogP contribution in [0, 0.1) is 6.92 Å². The van der Waals surface area contributed by atoms with Crippen LogP contribution in [0.15, 0.2) is 70.7 Å². The molecule has 2 aromatic carbocycles. The minimum atomic E-state index is -0.278. The minimum absolute atomic E-state index is 0.0869. The normalized spacial score (nSPS) is 11.0. The third-order valence-corrected chi connectivity index (χ3v) is 5.37. The number of amides is 1. The van der Waals surface area contributed by atoms with Crippen molar-refractivity contribution in [3.8, 4) is 5.69 Å². The third-order valence-electron chi connectivity index (χ3n) is 4.51. The molecule has 4 aromatic rings. The predicted octanol–water partition coefficient (Wildman–Crippen LogP) is 3.17. The molecule has 2 heterocycles. The number of para-hydroxylation sites is 1. The van der Waals surface area contributed by atoms with E-state index in [0.29, 0.717) is 16.2 Å². The molecular formula is C21H19N5O2S. The number of nitrogens with one attached hydrogen (secondary N) is 1. The molecule has 0 aliphatic rings. The standard InChI is InChI=1S/C21H19N5O2S/c1-14-7-6-10-16(11-14)26-19-17(12-22-26)20(28)24-21(23-19)29-13-18(27)25(2)15-8-4-3-5-9-15/h3-12H,13H2,1-2H3,(H,23,24,28). The number of aromatic nitrogens is 4. The van der Waals surface area contributed by atoms with Crippen LogP contribution in [0.2, 0.25) is 0 Å². The number of carbonyl (C=O) groups is 1. The molecule has 0 spiro atoms. The van der Waals surface area contributed by atoms with Crippen molar-refractivity contribution in [3.05, 3.63) is 76.7 Å². The van der Waals surface area contributed by atoms with E-state index in [2.05, 4.69) is 15.1 Å². The number of hydrogen-bond acceptors (Lipinski definition) is 5. The number of thioether (sulfide) groups is 1. The molecule has 1 amide bonds. The van der Waals surface area contributed by atoms with Crippen LogP contribution in [-0.4, -0.2) is 38.5 Å². The fourth-order valence-corrected chi connectivity index (χ4v) is 3.71. The van der Waals surface area contributed by atoms with Crippen molar-refractivity contribution in [1.29, 1.82) is 0 Å². The number of aromatic amines is 1. The quantitative estimate of drug-likeness (QED) is 0.407. The van der Waals surface area contributed by atoms with Crippen LogP contribution in [0.25, 0.3) is 16.7 Å². The summed E-state index contributed by atoms with van der Waals surface area (Å²) in [5.74, 6) is 0.0643. The number of nitrogens with zero attached hydrogens (tertiary/aromatic N) is 4. The zero-order valence-electron chi connectivity index (χ0n) is 16.0. The summed E-state index contributed by atoms with van der Waals surface area (Å²) in [7, 11) is 1.73. The Balaban J connectivity index is 1.59. The maximum atomic E-state index is 12.5. The SMILES string of the molecule is Cc1cccc(-n2ncc3c(=O)[nH]c(SCC(=O)N(C)c4ccccc4)nc32)c1. The van der Waals surface area contributed by atoms with Crippen molar-refractivity contribution in [2.75, 3.05) is 17.7 Å². The third kappa shape index (κ3) is 3.93. The lowest BCUT2D eigenvalue weighted by molar-refractivity contribution is -0.115. The van der Waals surface area contributed by atoms with Crippen molar-refractivity contribution in [1.82, 2.24) is 19.7 Å². The second-order valence-corrected chi connectivity index (χ2v) is 7.54. The molecule has 1 N–H and O–H groups in total. The molecule has 29 heavy (non-hydrogen) atoms. The first-order chi connectivity index (χ1) is 14.0. The van der Waals surface area contributed by atoms with Gasteiger partial charge in [-0.15, -0.1) is 0 Å². The van der Waals surface area contributed by atoms with Gasteiger partial charge in [0.25, 0.3) is 5.56 Å². The number of benzene rings is 2. The van der Waals surface area contributed by atoms with Gasteiger partial charge in [0.05, 0.1) is 17.6 Å². The molecular weight excluding hydrogens is 386 g/mol. The largest absolute Gasteiger partial charge is 0.315 e. The van der Waals surface area contributed by atoms with Gasteiger partial charge in [0.2, 0.25) is 5.91 Å². The number of H-pyrrole nitrogens is 1. The summed E-state index contributed by atoms with van der Waals surface area (Å²) in [6, 6.07) is 17.2. The summed E-state index contributed by atoms with van der Waals surface area (Å²) >= 11 is 1.19. The van der Waals surface area contributed by atoms with E-state index in [-0.39, 0.29) is 17.2 Å². The minimum Gasteiger partial charge on any atom is -0.315 e. The first-order valence-corrected chi connectivity index (χ1v) is 10.0. The topological polar surface area (TPSA) is 83.9 Å². The number of hydrogen-bond donors (Lipinski definition) is 1. The monoisotopic (exact) mass is 405 g/mol. The van der Waals surface area contributed by atoms with E-state index in [9.17, 15) is 9.59 Å². The van der Waals surface area contributed by atoms with Crippen molar-refractivity contribution in [2.24, 2.45) is 0 Å². The molecule has 8 heteroatoms. The van der Waals surface area contributed by atoms with Gasteiger partial charge < -0.3 is 9.88 Å². The molecule has 0 aliphatic carbocycles. The molecule has 146 valence electrons. The summed E-state index contributed by atoms with van der Waals surface area (Å²) < 4.78 is 1.64. The van der Waals surface area contributed by atoms with Gasteiger partial charge in [-0.3, -0.25) is 9.59 Å². The zero-order chi connectivity index (χ0) is 20.4. The highest BCUT2D eigenvalue weighted by molar-refractivity contribution is 7.99. The van der Waals surface area contributed by atoms with E-state index in [0.717, 1.165) is 16.9 Å². The van der Waals surface area contributed by atoms with E-state index in [1.165, 1.54) is 18.0 Å². The number of fused-ring (bicyclic) bond motifs is 1. The van der Waals surface area contributed by atoms with Gasteiger partial charge in [-0.2, -0.15) is 5.10 Å². The first-order valence-electron chi connectivity index (χ1n) is 9.02. The van der Waals surface area contributed by atoms with Crippen molar-refractivity contribution in [2.45, 2.75) is 12.1 Å². The Bertz CT molecular complexity index is 1230. The fraction of sp³-hybridized carbons (Fsp3) is 0.143. The van der Waals surface area contributed by atoms with Crippen molar-refractivity contribution >= 4 is 34.4 Å². The number of rotatable bonds is 5. The molecule has 0 saturated heterocycles. The summed E-state index contributed by atoms with van der Waals surface area (Å²) in [6.07, 6.45) is 1.51. The predicted molar refractivity (Wildman–Crippen MR) is 115 cm³/mol. The van der Waals surface area contributed by atoms with Gasteiger partial charge >= 0.3 is 0 Å². The zero-order valence-corrected chi connectivity index (χ0v) is 16.8. The highest BCUT2D eigenvalue weighted by Crippen LogP contribution is 2.20. The maximum absolute atomic E-state index is 12.5. The fourth-order valence-electron chi connectivity index (χ4n) is 2.94. The molecule has 4 rings (SSSR count). The molecule has 0 fully saturated rings. The van der Waals surface area contributed by atoms with E-state index in [4.69, 9.17) is 0 Å². The van der Waals surface area contributed by atoms with E-state index in [1.54, 1.807) is 16.6 Å². The molecule has 0 aliphatic heterocycles. The van der Waals surface area contributed by atoms with Crippen LogP contribution in [-0.2, 0) is 4.79 Å². The number of aryl methyl sites for hydroxylation is 1. The van der Waals surface area contributed by atoms with Gasteiger partial charge in [0.1, 0.15) is 5.39 Å². The Kier molecular flexibility index (Phi) is 5.18. The molecule has 0 bridgehead atoms. The van der Waals surface area contributed by atoms with Gasteiger partial charge in [-0.05, 0) is 36.8 Å². The second kappa shape index (κ2) is 7.92. The Hall–Kier alpha value is -3.39. The Morgan fingerprint density at radius 2 is 1.97 bits per heavy atom. The van der Waals surface area contributed by atoms with Crippen LogP contribution < -0.4 is 10.5 Å². The average Bonchev–Trinajstić information content (AvgIpc) is 3.17.